The van der Waals surface area contributed by atoms with Crippen molar-refractivity contribution in [1.82, 2.24) is 14.5 Å². The van der Waals surface area contributed by atoms with Crippen LogP contribution in [0.15, 0.2) is 168 Å². The molecule has 0 unspecified atom stereocenters. The van der Waals surface area contributed by atoms with Crippen LogP contribution in [0, 0.1) is 0 Å². The van der Waals surface area contributed by atoms with Gasteiger partial charge in [0, 0.05) is 38.1 Å². The Bertz CT molecular complexity index is 3170. The number of furan rings is 1. The van der Waals surface area contributed by atoms with Crippen LogP contribution in [0.5, 0.6) is 0 Å². The summed E-state index contributed by atoms with van der Waals surface area (Å²) >= 11 is 0. The number of benzene rings is 8. The second kappa shape index (κ2) is 10.4. The molecule has 3 aromatic heterocycles. The minimum Gasteiger partial charge on any atom is -0.455 e. The highest BCUT2D eigenvalue weighted by atomic mass is 16.3. The lowest BCUT2D eigenvalue weighted by Crippen LogP contribution is -2.03. The first-order valence-electron chi connectivity index (χ1n) is 16.9. The molecule has 0 saturated heterocycles. The second-order valence-corrected chi connectivity index (χ2v) is 13.0. The predicted octanol–water partition coefficient (Wildman–Crippen LogP) is 12.3. The molecule has 3 heterocycles. The third-order valence-electron chi connectivity index (χ3n) is 10.2. The molecule has 0 aliphatic heterocycles. The lowest BCUT2D eigenvalue weighted by molar-refractivity contribution is 0.670. The van der Waals surface area contributed by atoms with Crippen LogP contribution in [0.25, 0.3) is 105 Å². The number of aromatic nitrogens is 3. The molecule has 0 fully saturated rings. The lowest BCUT2D eigenvalue weighted by Gasteiger charge is -2.12. The zero-order chi connectivity index (χ0) is 32.8. The zero-order valence-corrected chi connectivity index (χ0v) is 26.8. The van der Waals surface area contributed by atoms with E-state index in [1.54, 1.807) is 0 Å². The summed E-state index contributed by atoms with van der Waals surface area (Å²) in [6.07, 6.45) is 0. The van der Waals surface area contributed by atoms with E-state index in [-0.39, 0.29) is 0 Å². The van der Waals surface area contributed by atoms with Gasteiger partial charge in [0.2, 0.25) is 5.95 Å². The van der Waals surface area contributed by atoms with Gasteiger partial charge in [0.25, 0.3) is 0 Å². The van der Waals surface area contributed by atoms with E-state index in [2.05, 4.69) is 150 Å². The van der Waals surface area contributed by atoms with Gasteiger partial charge in [-0.25, -0.2) is 9.97 Å². The van der Waals surface area contributed by atoms with E-state index in [0.29, 0.717) is 5.95 Å². The smallest absolute Gasteiger partial charge is 0.235 e. The van der Waals surface area contributed by atoms with E-state index < -0.39 is 0 Å². The molecule has 0 atom stereocenters. The van der Waals surface area contributed by atoms with Crippen LogP contribution in [-0.2, 0) is 0 Å². The van der Waals surface area contributed by atoms with Crippen molar-refractivity contribution in [3.63, 3.8) is 0 Å². The van der Waals surface area contributed by atoms with Gasteiger partial charge in [0.05, 0.1) is 22.2 Å². The van der Waals surface area contributed by atoms with Gasteiger partial charge in [-0.2, -0.15) is 0 Å². The van der Waals surface area contributed by atoms with E-state index in [9.17, 15) is 0 Å². The quantitative estimate of drug-likeness (QED) is 0.194. The first kappa shape index (κ1) is 27.2. The van der Waals surface area contributed by atoms with E-state index in [0.717, 1.165) is 71.6 Å². The van der Waals surface area contributed by atoms with Gasteiger partial charge < -0.3 is 4.42 Å². The highest BCUT2D eigenvalue weighted by Gasteiger charge is 2.20. The third kappa shape index (κ3) is 3.93. The van der Waals surface area contributed by atoms with E-state index in [1.807, 2.05) is 18.2 Å². The monoisotopic (exact) mass is 637 g/mol. The van der Waals surface area contributed by atoms with Crippen LogP contribution in [0.4, 0.5) is 0 Å². The number of nitrogens with zero attached hydrogens (tertiary/aromatic N) is 3. The molecule has 11 rings (SSSR count). The standard InChI is InChI=1S/C46H27N3O/c1-2-11-30-26-32(23-20-28(30)10-1)44-36-13-3-6-17-39(36)47-46(48-44)49-40-18-7-4-14-37(40)43-38-27-31(22-21-29(38)24-25-41(43)49)33-15-9-16-35-34-12-5-8-19-42(34)50-45(33)35/h1-27H. The normalized spacial score (nSPS) is 12.0. The maximum atomic E-state index is 6.46. The van der Waals surface area contributed by atoms with E-state index in [1.165, 1.54) is 26.9 Å². The zero-order valence-electron chi connectivity index (χ0n) is 26.8. The Morgan fingerprint density at radius 2 is 1.16 bits per heavy atom. The fourth-order valence-electron chi connectivity index (χ4n) is 7.87. The van der Waals surface area contributed by atoms with Crippen LogP contribution in [0.2, 0.25) is 0 Å². The first-order valence-corrected chi connectivity index (χ1v) is 16.9. The Kier molecular flexibility index (Phi) is 5.63. The predicted molar refractivity (Wildman–Crippen MR) is 207 cm³/mol. The number of para-hydroxylation sites is 4. The summed E-state index contributed by atoms with van der Waals surface area (Å²) in [6, 6.07) is 57.8. The van der Waals surface area contributed by atoms with Crippen LogP contribution in [0.3, 0.4) is 0 Å². The molecular weight excluding hydrogens is 611 g/mol. The van der Waals surface area contributed by atoms with Crippen molar-refractivity contribution >= 4 is 76.2 Å². The molecule has 8 aromatic carbocycles. The summed E-state index contributed by atoms with van der Waals surface area (Å²) in [7, 11) is 0. The molecule has 0 spiro atoms. The summed E-state index contributed by atoms with van der Waals surface area (Å²) in [5, 5.41) is 10.4. The molecule has 11 aromatic rings. The summed E-state index contributed by atoms with van der Waals surface area (Å²) in [6.45, 7) is 0. The Hall–Kier alpha value is -6.78. The summed E-state index contributed by atoms with van der Waals surface area (Å²) < 4.78 is 8.69. The highest BCUT2D eigenvalue weighted by molar-refractivity contribution is 6.22. The van der Waals surface area contributed by atoms with Gasteiger partial charge in [-0.05, 0) is 63.5 Å². The van der Waals surface area contributed by atoms with Crippen molar-refractivity contribution in [2.24, 2.45) is 0 Å². The van der Waals surface area contributed by atoms with Gasteiger partial charge in [0.1, 0.15) is 11.2 Å². The molecule has 0 saturated carbocycles. The average Bonchev–Trinajstić information content (AvgIpc) is 3.73. The van der Waals surface area contributed by atoms with Crippen molar-refractivity contribution in [2.45, 2.75) is 0 Å². The Balaban J connectivity index is 1.18. The SMILES string of the molecule is c1ccc2cc(-c3nc(-n4c5ccccc5c5c6cc(-c7cccc8c7oc7ccccc78)ccc6ccc54)nc4ccccc34)ccc2c1. The summed E-state index contributed by atoms with van der Waals surface area (Å²) in [4.78, 5) is 10.6. The van der Waals surface area contributed by atoms with Gasteiger partial charge >= 0.3 is 0 Å². The average molecular weight is 638 g/mol. The van der Waals surface area contributed by atoms with Crippen molar-refractivity contribution in [3.05, 3.63) is 164 Å². The molecule has 4 nitrogen and oxygen atoms in total. The lowest BCUT2D eigenvalue weighted by atomic mass is 9.97. The molecule has 50 heavy (non-hydrogen) atoms. The fraction of sp³-hybridized carbons (Fsp3) is 0. The van der Waals surface area contributed by atoms with Crippen molar-refractivity contribution in [2.75, 3.05) is 0 Å². The summed E-state index contributed by atoms with van der Waals surface area (Å²) in [5.41, 5.74) is 9.05. The molecule has 0 bridgehead atoms. The minimum atomic E-state index is 0.653. The highest BCUT2D eigenvalue weighted by Crippen LogP contribution is 2.41. The number of hydrogen-bond acceptors (Lipinski definition) is 3. The molecule has 4 heteroatoms. The molecule has 232 valence electrons. The van der Waals surface area contributed by atoms with Crippen molar-refractivity contribution in [1.29, 1.82) is 0 Å². The second-order valence-electron chi connectivity index (χ2n) is 13.0. The first-order chi connectivity index (χ1) is 24.8. The molecular formula is C46H27N3O. The molecule has 0 amide bonds. The minimum absolute atomic E-state index is 0.653. The van der Waals surface area contributed by atoms with E-state index in [4.69, 9.17) is 14.4 Å². The number of hydrogen-bond donors (Lipinski definition) is 0. The maximum absolute atomic E-state index is 6.46. The van der Waals surface area contributed by atoms with Crippen LogP contribution < -0.4 is 0 Å². The molecule has 0 N–H and O–H groups in total. The topological polar surface area (TPSA) is 43.9 Å². The summed E-state index contributed by atoms with van der Waals surface area (Å²) in [5.74, 6) is 0.653. The van der Waals surface area contributed by atoms with Crippen LogP contribution in [-0.4, -0.2) is 14.5 Å². The largest absolute Gasteiger partial charge is 0.455 e. The third-order valence-corrected chi connectivity index (χ3v) is 10.2. The van der Waals surface area contributed by atoms with Crippen LogP contribution in [0.1, 0.15) is 0 Å². The Morgan fingerprint density at radius 3 is 2.10 bits per heavy atom. The molecule has 0 aliphatic carbocycles. The van der Waals surface area contributed by atoms with Crippen molar-refractivity contribution in [3.8, 4) is 28.3 Å². The number of fused-ring (bicyclic) bond motifs is 10. The van der Waals surface area contributed by atoms with Gasteiger partial charge in [-0.15, -0.1) is 0 Å². The number of rotatable bonds is 3. The van der Waals surface area contributed by atoms with Gasteiger partial charge in [-0.3, -0.25) is 4.57 Å². The fourth-order valence-corrected chi connectivity index (χ4v) is 7.87. The van der Waals surface area contributed by atoms with Crippen LogP contribution >= 0.6 is 0 Å². The molecule has 0 radical (unpaired) electrons. The van der Waals surface area contributed by atoms with Gasteiger partial charge in [0.15, 0.2) is 0 Å². The Labute approximate surface area is 286 Å². The maximum Gasteiger partial charge on any atom is 0.235 e. The van der Waals surface area contributed by atoms with Crippen molar-refractivity contribution < 1.29 is 4.42 Å². The van der Waals surface area contributed by atoms with E-state index >= 15 is 0 Å². The Morgan fingerprint density at radius 1 is 0.440 bits per heavy atom. The molecule has 0 aliphatic rings. The van der Waals surface area contributed by atoms with Gasteiger partial charge in [-0.1, -0.05) is 127 Å².